The summed E-state index contributed by atoms with van der Waals surface area (Å²) in [5, 5.41) is 6.66. The zero-order valence-electron chi connectivity index (χ0n) is 9.03. The smallest absolute Gasteiger partial charge is 0.256 e. The van der Waals surface area contributed by atoms with E-state index in [4.69, 9.17) is 21.9 Å². The summed E-state index contributed by atoms with van der Waals surface area (Å²) in [6, 6.07) is 6.28. The fraction of sp³-hybridized carbons (Fsp3) is 0.0909. The van der Waals surface area contributed by atoms with E-state index in [0.29, 0.717) is 27.9 Å². The van der Waals surface area contributed by atoms with Gasteiger partial charge in [-0.25, -0.2) is 0 Å². The molecule has 0 bridgehead atoms. The first-order valence-electron chi connectivity index (χ1n) is 4.86. The van der Waals surface area contributed by atoms with Crippen LogP contribution in [0.3, 0.4) is 0 Å². The van der Waals surface area contributed by atoms with Gasteiger partial charge in [0, 0.05) is 11.6 Å². The van der Waals surface area contributed by atoms with Gasteiger partial charge in [-0.3, -0.25) is 4.79 Å². The van der Waals surface area contributed by atoms with Gasteiger partial charge in [0.1, 0.15) is 5.76 Å². The molecule has 0 saturated carbocycles. The molecule has 0 saturated heterocycles. The topological polar surface area (TPSA) is 81.2 Å². The first kappa shape index (κ1) is 11.5. The lowest BCUT2D eigenvalue weighted by Gasteiger charge is -2.03. The number of nitrogen functional groups attached to an aromatic ring is 1. The highest BCUT2D eigenvalue weighted by molar-refractivity contribution is 6.33. The molecule has 2 aromatic rings. The molecule has 0 atom stereocenters. The summed E-state index contributed by atoms with van der Waals surface area (Å²) >= 11 is 5.76. The molecule has 5 nitrogen and oxygen atoms in total. The summed E-state index contributed by atoms with van der Waals surface area (Å²) < 4.78 is 4.83. The van der Waals surface area contributed by atoms with Crippen LogP contribution in [0.1, 0.15) is 16.1 Å². The third-order valence-electron chi connectivity index (χ3n) is 2.13. The molecule has 3 N–H and O–H groups in total. The van der Waals surface area contributed by atoms with Crippen LogP contribution in [0.15, 0.2) is 28.8 Å². The van der Waals surface area contributed by atoms with Crippen molar-refractivity contribution in [1.82, 2.24) is 5.16 Å². The number of rotatable bonds is 2. The molecule has 0 fully saturated rings. The highest BCUT2D eigenvalue weighted by Gasteiger charge is 2.10. The van der Waals surface area contributed by atoms with Gasteiger partial charge in [0.05, 0.1) is 10.7 Å². The van der Waals surface area contributed by atoms with E-state index in [2.05, 4.69) is 10.5 Å². The number of hydrogen-bond acceptors (Lipinski definition) is 4. The average molecular weight is 252 g/mol. The maximum atomic E-state index is 11.8. The van der Waals surface area contributed by atoms with Crippen LogP contribution in [0.2, 0.25) is 5.02 Å². The van der Waals surface area contributed by atoms with E-state index in [1.165, 1.54) is 6.07 Å². The van der Waals surface area contributed by atoms with Crippen LogP contribution in [0.5, 0.6) is 0 Å². The molecule has 0 spiro atoms. The Bertz CT molecular complexity index is 566. The van der Waals surface area contributed by atoms with Gasteiger partial charge in [-0.2, -0.15) is 0 Å². The Kier molecular flexibility index (Phi) is 3.01. The number of aryl methyl sites for hydroxylation is 1. The molecule has 0 radical (unpaired) electrons. The lowest BCUT2D eigenvalue weighted by molar-refractivity contribution is 0.102. The van der Waals surface area contributed by atoms with Gasteiger partial charge >= 0.3 is 0 Å². The van der Waals surface area contributed by atoms with Crippen LogP contribution < -0.4 is 11.1 Å². The fourth-order valence-electron chi connectivity index (χ4n) is 1.30. The molecule has 0 aliphatic carbocycles. The van der Waals surface area contributed by atoms with Crippen molar-refractivity contribution in [2.75, 3.05) is 11.1 Å². The molecule has 1 aromatic heterocycles. The van der Waals surface area contributed by atoms with E-state index in [0.717, 1.165) is 0 Å². The Hall–Kier alpha value is -2.01. The van der Waals surface area contributed by atoms with Crippen molar-refractivity contribution in [2.24, 2.45) is 0 Å². The van der Waals surface area contributed by atoms with Crippen LogP contribution in [0.25, 0.3) is 0 Å². The third-order valence-corrected chi connectivity index (χ3v) is 2.47. The largest absolute Gasteiger partial charge is 0.398 e. The minimum absolute atomic E-state index is 0.318. The Balaban J connectivity index is 2.17. The number of aromatic nitrogens is 1. The number of nitrogens with zero attached hydrogens (tertiary/aromatic N) is 1. The minimum atomic E-state index is -0.318. The van der Waals surface area contributed by atoms with Crippen molar-refractivity contribution in [3.63, 3.8) is 0 Å². The second kappa shape index (κ2) is 4.47. The standard InChI is InChI=1S/C11H10ClN3O2/c1-6-4-10(15-17-6)14-11(16)7-2-3-8(12)9(13)5-7/h2-5H,13H2,1H3,(H,14,15,16). The first-order chi connectivity index (χ1) is 8.06. The molecule has 2 rings (SSSR count). The Labute approximate surface area is 103 Å². The first-order valence-corrected chi connectivity index (χ1v) is 5.24. The second-order valence-electron chi connectivity index (χ2n) is 3.51. The second-order valence-corrected chi connectivity index (χ2v) is 3.92. The van der Waals surface area contributed by atoms with E-state index < -0.39 is 0 Å². The van der Waals surface area contributed by atoms with Crippen LogP contribution in [-0.2, 0) is 0 Å². The summed E-state index contributed by atoms with van der Waals surface area (Å²) in [5.41, 5.74) is 6.38. The van der Waals surface area contributed by atoms with Crippen molar-refractivity contribution < 1.29 is 9.32 Å². The molecule has 0 aliphatic heterocycles. The SMILES string of the molecule is Cc1cc(NC(=O)c2ccc(Cl)c(N)c2)no1. The number of nitrogens with two attached hydrogens (primary N) is 1. The van der Waals surface area contributed by atoms with Gasteiger partial charge in [-0.1, -0.05) is 16.8 Å². The minimum Gasteiger partial charge on any atom is -0.398 e. The summed E-state index contributed by atoms with van der Waals surface area (Å²) in [5.74, 6) is 0.665. The Morgan fingerprint density at radius 1 is 1.47 bits per heavy atom. The number of carbonyl (C=O) groups is 1. The maximum absolute atomic E-state index is 11.8. The summed E-state index contributed by atoms with van der Waals surface area (Å²) in [6.45, 7) is 1.74. The molecule has 17 heavy (non-hydrogen) atoms. The highest BCUT2D eigenvalue weighted by Crippen LogP contribution is 2.20. The molecule has 0 unspecified atom stereocenters. The van der Waals surface area contributed by atoms with Crippen molar-refractivity contribution in [3.8, 4) is 0 Å². The van der Waals surface area contributed by atoms with E-state index in [1.54, 1.807) is 25.1 Å². The van der Waals surface area contributed by atoms with Crippen LogP contribution in [0, 0.1) is 6.92 Å². The van der Waals surface area contributed by atoms with Gasteiger partial charge in [-0.05, 0) is 25.1 Å². The van der Waals surface area contributed by atoms with E-state index in [-0.39, 0.29) is 5.91 Å². The predicted octanol–water partition coefficient (Wildman–Crippen LogP) is 2.47. The van der Waals surface area contributed by atoms with Crippen LogP contribution in [0.4, 0.5) is 11.5 Å². The summed E-state index contributed by atoms with van der Waals surface area (Å²) in [7, 11) is 0. The summed E-state index contributed by atoms with van der Waals surface area (Å²) in [4.78, 5) is 11.8. The maximum Gasteiger partial charge on any atom is 0.256 e. The normalized spacial score (nSPS) is 10.2. The van der Waals surface area contributed by atoms with Crippen molar-refractivity contribution in [1.29, 1.82) is 0 Å². The number of nitrogens with one attached hydrogen (secondary N) is 1. The van der Waals surface area contributed by atoms with E-state index in [9.17, 15) is 4.79 Å². The van der Waals surface area contributed by atoms with Gasteiger partial charge in [0.2, 0.25) is 0 Å². The van der Waals surface area contributed by atoms with Gasteiger partial charge in [0.25, 0.3) is 5.91 Å². The number of carbonyl (C=O) groups excluding carboxylic acids is 1. The van der Waals surface area contributed by atoms with Gasteiger partial charge in [-0.15, -0.1) is 0 Å². The molecule has 1 aromatic carbocycles. The highest BCUT2D eigenvalue weighted by atomic mass is 35.5. The lowest BCUT2D eigenvalue weighted by Crippen LogP contribution is -2.12. The quantitative estimate of drug-likeness (QED) is 0.804. The summed E-state index contributed by atoms with van der Waals surface area (Å²) in [6.07, 6.45) is 0. The van der Waals surface area contributed by atoms with Crippen molar-refractivity contribution >= 4 is 29.0 Å². The van der Waals surface area contributed by atoms with Crippen molar-refractivity contribution in [3.05, 3.63) is 40.6 Å². The van der Waals surface area contributed by atoms with Crippen LogP contribution in [-0.4, -0.2) is 11.1 Å². The zero-order valence-corrected chi connectivity index (χ0v) is 9.78. The van der Waals surface area contributed by atoms with Gasteiger partial charge in [0.15, 0.2) is 5.82 Å². The Morgan fingerprint density at radius 2 is 2.24 bits per heavy atom. The molecular formula is C11H10ClN3O2. The van der Waals surface area contributed by atoms with Gasteiger partial charge < -0.3 is 15.6 Å². The molecule has 0 aliphatic rings. The molecule has 88 valence electrons. The zero-order chi connectivity index (χ0) is 12.4. The number of anilines is 2. The van der Waals surface area contributed by atoms with Crippen LogP contribution >= 0.6 is 11.6 Å². The fourth-order valence-corrected chi connectivity index (χ4v) is 1.42. The lowest BCUT2D eigenvalue weighted by atomic mass is 10.2. The number of amides is 1. The molecule has 1 amide bonds. The van der Waals surface area contributed by atoms with E-state index in [1.807, 2.05) is 0 Å². The van der Waals surface area contributed by atoms with E-state index >= 15 is 0 Å². The Morgan fingerprint density at radius 3 is 2.82 bits per heavy atom. The molecule has 6 heteroatoms. The molecule has 1 heterocycles. The van der Waals surface area contributed by atoms with Crippen molar-refractivity contribution in [2.45, 2.75) is 6.92 Å². The average Bonchev–Trinajstić information content (AvgIpc) is 2.68. The molecular weight excluding hydrogens is 242 g/mol. The number of hydrogen-bond donors (Lipinski definition) is 2. The third kappa shape index (κ3) is 2.57. The number of benzene rings is 1. The predicted molar refractivity (Wildman–Crippen MR) is 65.1 cm³/mol. The monoisotopic (exact) mass is 251 g/mol. The number of halogens is 1.